The maximum Gasteiger partial charge on any atom is 0.0804 e. The Morgan fingerprint density at radius 1 is 0.500 bits per heavy atom. The van der Waals surface area contributed by atoms with E-state index in [1.165, 1.54) is 38.8 Å². The van der Waals surface area contributed by atoms with E-state index in [0.29, 0.717) is 13.2 Å². The van der Waals surface area contributed by atoms with Gasteiger partial charge in [0.15, 0.2) is 0 Å². The third-order valence-electron chi connectivity index (χ3n) is 4.12. The Labute approximate surface area is 126 Å². The summed E-state index contributed by atoms with van der Waals surface area (Å²) in [6.07, 6.45) is 6.99. The Morgan fingerprint density at radius 3 is 1.10 bits per heavy atom. The molecule has 20 heavy (non-hydrogen) atoms. The molecule has 4 nitrogen and oxygen atoms in total. The van der Waals surface area contributed by atoms with Crippen molar-refractivity contribution in [3.05, 3.63) is 0 Å². The van der Waals surface area contributed by atoms with Gasteiger partial charge in [0.25, 0.3) is 0 Å². The average molecular weight is 290 g/mol. The highest BCUT2D eigenvalue weighted by Crippen LogP contribution is 2.09. The van der Waals surface area contributed by atoms with Gasteiger partial charge >= 0.3 is 0 Å². The van der Waals surface area contributed by atoms with Gasteiger partial charge in [-0.2, -0.15) is 0 Å². The van der Waals surface area contributed by atoms with E-state index >= 15 is 0 Å². The van der Waals surface area contributed by atoms with Gasteiger partial charge < -0.3 is 19.2 Å². The van der Waals surface area contributed by atoms with Crippen LogP contribution in [0, 0.1) is 0 Å². The van der Waals surface area contributed by atoms with E-state index < -0.39 is 0 Å². The Balaban J connectivity index is 3.57. The van der Waals surface area contributed by atoms with Crippen molar-refractivity contribution in [2.75, 3.05) is 67.6 Å². The lowest BCUT2D eigenvalue weighted by Crippen LogP contribution is -2.42. The lowest BCUT2D eigenvalue weighted by atomic mass is 10.1. The molecule has 0 heterocycles. The van der Waals surface area contributed by atoms with Gasteiger partial charge in [-0.3, -0.25) is 0 Å². The second kappa shape index (κ2) is 10.6. The fraction of sp³-hybridized carbons (Fsp3) is 1.00. The van der Waals surface area contributed by atoms with Crippen LogP contribution < -0.4 is 0 Å². The largest absolute Gasteiger partial charge is 0.396 e. The van der Waals surface area contributed by atoms with Crippen molar-refractivity contribution in [2.24, 2.45) is 0 Å². The van der Waals surface area contributed by atoms with Crippen LogP contribution in [0.15, 0.2) is 0 Å². The van der Waals surface area contributed by atoms with E-state index in [1.54, 1.807) is 0 Å². The number of hydrogen-bond donors (Lipinski definition) is 2. The Hall–Kier alpha value is -0.160. The molecule has 0 bridgehead atoms. The molecule has 0 amide bonds. The summed E-state index contributed by atoms with van der Waals surface area (Å²) < 4.78 is 2.05. The van der Waals surface area contributed by atoms with Crippen molar-refractivity contribution in [3.8, 4) is 0 Å². The summed E-state index contributed by atoms with van der Waals surface area (Å²) in [5.74, 6) is 0. The Kier molecular flexibility index (Phi) is 10.5. The smallest absolute Gasteiger partial charge is 0.0804 e. The lowest BCUT2D eigenvalue weighted by molar-refractivity contribution is -0.891. The van der Waals surface area contributed by atoms with Gasteiger partial charge in [0.1, 0.15) is 0 Å². The number of rotatable bonds is 13. The van der Waals surface area contributed by atoms with Crippen molar-refractivity contribution in [1.82, 2.24) is 0 Å². The highest BCUT2D eigenvalue weighted by molar-refractivity contribution is 4.45. The first-order chi connectivity index (χ1) is 9.33. The molecule has 0 unspecified atom stereocenters. The van der Waals surface area contributed by atoms with Crippen LogP contribution >= 0.6 is 0 Å². The van der Waals surface area contributed by atoms with Gasteiger partial charge in [-0.15, -0.1) is 0 Å². The van der Waals surface area contributed by atoms with E-state index in [0.717, 1.165) is 34.9 Å². The summed E-state index contributed by atoms with van der Waals surface area (Å²) in [7, 11) is 9.02. The number of nitrogens with zero attached hydrogens (tertiary/aromatic N) is 2. The number of aliphatic hydroxyl groups excluding tert-OH is 2. The molecule has 0 radical (unpaired) electrons. The first-order valence-electron chi connectivity index (χ1n) is 8.19. The van der Waals surface area contributed by atoms with Crippen molar-refractivity contribution >= 4 is 0 Å². The maximum atomic E-state index is 8.88. The molecule has 0 aliphatic carbocycles. The Morgan fingerprint density at radius 2 is 0.800 bits per heavy atom. The van der Waals surface area contributed by atoms with E-state index in [1.807, 2.05) is 0 Å². The summed E-state index contributed by atoms with van der Waals surface area (Å²) in [4.78, 5) is 0. The summed E-state index contributed by atoms with van der Waals surface area (Å²) >= 11 is 0. The predicted molar refractivity (Wildman–Crippen MR) is 85.6 cm³/mol. The second-order valence-electron chi connectivity index (χ2n) is 7.33. The summed E-state index contributed by atoms with van der Waals surface area (Å²) in [6.45, 7) is 5.18. The lowest BCUT2D eigenvalue weighted by Gasteiger charge is -2.30. The zero-order valence-corrected chi connectivity index (χ0v) is 14.3. The molecule has 0 rings (SSSR count). The van der Waals surface area contributed by atoms with E-state index in [4.69, 9.17) is 10.2 Å². The summed E-state index contributed by atoms with van der Waals surface area (Å²) in [5, 5.41) is 17.8. The third-order valence-corrected chi connectivity index (χ3v) is 4.12. The highest BCUT2D eigenvalue weighted by Gasteiger charge is 2.15. The first-order valence-corrected chi connectivity index (χ1v) is 8.19. The van der Waals surface area contributed by atoms with Gasteiger partial charge in [0.2, 0.25) is 0 Å². The van der Waals surface area contributed by atoms with Crippen molar-refractivity contribution in [2.45, 2.75) is 38.5 Å². The summed E-state index contributed by atoms with van der Waals surface area (Å²) in [5.41, 5.74) is 0. The van der Waals surface area contributed by atoms with E-state index in [9.17, 15) is 0 Å². The maximum absolute atomic E-state index is 8.88. The van der Waals surface area contributed by atoms with Crippen molar-refractivity contribution < 1.29 is 19.2 Å². The number of aliphatic hydroxyl groups is 2. The molecule has 0 aliphatic rings. The van der Waals surface area contributed by atoms with Gasteiger partial charge in [-0.25, -0.2) is 0 Å². The number of quaternary nitrogens is 2. The molecule has 0 saturated heterocycles. The zero-order chi connectivity index (χ0) is 15.5. The fourth-order valence-corrected chi connectivity index (χ4v) is 2.65. The van der Waals surface area contributed by atoms with Crippen LogP contribution in [0.3, 0.4) is 0 Å². The number of hydrogen-bond acceptors (Lipinski definition) is 2. The molecule has 2 N–H and O–H groups in total. The van der Waals surface area contributed by atoms with Crippen LogP contribution in [0.2, 0.25) is 0 Å². The van der Waals surface area contributed by atoms with Gasteiger partial charge in [0, 0.05) is 26.1 Å². The highest BCUT2D eigenvalue weighted by atomic mass is 16.3. The Bertz CT molecular complexity index is 207. The van der Waals surface area contributed by atoms with Crippen LogP contribution in [0.25, 0.3) is 0 Å². The summed E-state index contributed by atoms with van der Waals surface area (Å²) in [6, 6.07) is 0. The third kappa shape index (κ3) is 11.6. The molecule has 0 spiro atoms. The normalized spacial score (nSPS) is 12.9. The minimum atomic E-state index is 0.308. The first kappa shape index (κ1) is 19.8. The standard InChI is InChI=1S/C16H38N2O2/c1-17(2,13-9-15-19)11-7-5-6-8-12-18(3,4)14-10-16-20/h19-20H,5-16H2,1-4H3/q+2. The van der Waals surface area contributed by atoms with Gasteiger partial charge in [-0.1, -0.05) is 0 Å². The fourth-order valence-electron chi connectivity index (χ4n) is 2.65. The minimum Gasteiger partial charge on any atom is -0.396 e. The van der Waals surface area contributed by atoms with E-state index in [2.05, 4.69) is 28.2 Å². The van der Waals surface area contributed by atoms with E-state index in [-0.39, 0.29) is 0 Å². The topological polar surface area (TPSA) is 40.5 Å². The van der Waals surface area contributed by atoms with Crippen LogP contribution in [-0.2, 0) is 0 Å². The molecule has 0 aromatic carbocycles. The predicted octanol–water partition coefficient (Wildman–Crippen LogP) is 1.46. The number of unbranched alkanes of at least 4 members (excludes halogenated alkanes) is 3. The molecule has 4 heteroatoms. The molecule has 0 aliphatic heterocycles. The SMILES string of the molecule is C[N+](C)(CCCO)CCCCCC[N+](C)(C)CCCO. The van der Waals surface area contributed by atoms with Crippen LogP contribution in [-0.4, -0.2) is 86.8 Å². The average Bonchev–Trinajstić information content (AvgIpc) is 2.38. The van der Waals surface area contributed by atoms with Gasteiger partial charge in [0.05, 0.1) is 54.4 Å². The second-order valence-corrected chi connectivity index (χ2v) is 7.33. The molecule has 0 fully saturated rings. The molecule has 0 atom stereocenters. The molecule has 0 aromatic heterocycles. The minimum absolute atomic E-state index is 0.308. The van der Waals surface area contributed by atoms with Crippen LogP contribution in [0.4, 0.5) is 0 Å². The molecule has 122 valence electrons. The van der Waals surface area contributed by atoms with Gasteiger partial charge in [-0.05, 0) is 25.7 Å². The zero-order valence-electron chi connectivity index (χ0n) is 14.3. The van der Waals surface area contributed by atoms with Crippen molar-refractivity contribution in [3.63, 3.8) is 0 Å². The van der Waals surface area contributed by atoms with Crippen LogP contribution in [0.5, 0.6) is 0 Å². The van der Waals surface area contributed by atoms with Crippen LogP contribution in [0.1, 0.15) is 38.5 Å². The monoisotopic (exact) mass is 290 g/mol. The molecule has 0 aromatic rings. The molecular weight excluding hydrogens is 252 g/mol. The molecule has 0 saturated carbocycles. The quantitative estimate of drug-likeness (QED) is 0.398. The molecular formula is C16H38N2O2+2. The van der Waals surface area contributed by atoms with Crippen molar-refractivity contribution in [1.29, 1.82) is 0 Å².